The third kappa shape index (κ3) is 4.45. The number of rotatable bonds is 6. The van der Waals surface area contributed by atoms with Gasteiger partial charge in [-0.25, -0.2) is 4.68 Å². The normalized spacial score (nSPS) is 17.5. The van der Waals surface area contributed by atoms with Crippen molar-refractivity contribution in [3.63, 3.8) is 0 Å². The Morgan fingerprint density at radius 3 is 2.42 bits per heavy atom. The number of carbonyl (C=O) groups is 1. The highest BCUT2D eigenvalue weighted by molar-refractivity contribution is 7.71. The van der Waals surface area contributed by atoms with Crippen molar-refractivity contribution in [2.45, 2.75) is 44.4 Å². The van der Waals surface area contributed by atoms with E-state index in [9.17, 15) is 4.79 Å². The largest absolute Gasteiger partial charge is 0.349 e. The van der Waals surface area contributed by atoms with Crippen LogP contribution in [0.3, 0.4) is 0 Å². The zero-order chi connectivity index (χ0) is 21.2. The Labute approximate surface area is 186 Å². The Hall–Kier alpha value is -2.84. The Morgan fingerprint density at radius 2 is 1.74 bits per heavy atom. The van der Waals surface area contributed by atoms with E-state index in [1.54, 1.807) is 12.4 Å². The molecule has 5 rings (SSSR count). The first-order chi connectivity index (χ1) is 15.2. The lowest BCUT2D eigenvalue weighted by Gasteiger charge is -2.32. The fraction of sp³-hybridized carbons (Fsp3) is 0.391. The van der Waals surface area contributed by atoms with E-state index >= 15 is 0 Å². The molecule has 1 N–H and O–H groups in total. The van der Waals surface area contributed by atoms with Crippen molar-refractivity contribution in [2.75, 3.05) is 13.1 Å². The second kappa shape index (κ2) is 8.72. The molecule has 1 amide bonds. The number of pyridine rings is 1. The number of nitrogens with zero attached hydrogens (tertiary/aromatic N) is 5. The van der Waals surface area contributed by atoms with Crippen LogP contribution < -0.4 is 5.32 Å². The lowest BCUT2D eigenvalue weighted by atomic mass is 10.0. The van der Waals surface area contributed by atoms with E-state index in [4.69, 9.17) is 17.3 Å². The third-order valence-corrected chi connectivity index (χ3v) is 6.42. The minimum absolute atomic E-state index is 0.00596. The molecule has 160 valence electrons. The van der Waals surface area contributed by atoms with Crippen LogP contribution in [0.1, 0.15) is 42.1 Å². The summed E-state index contributed by atoms with van der Waals surface area (Å²) in [5.74, 6) is 0.936. The quantitative estimate of drug-likeness (QED) is 0.600. The molecule has 0 radical (unpaired) electrons. The maximum Gasteiger partial charge on any atom is 0.251 e. The average Bonchev–Trinajstić information content (AvgIpc) is 3.60. The fourth-order valence-corrected chi connectivity index (χ4v) is 4.47. The number of nitrogens with one attached hydrogen (secondary N) is 1. The van der Waals surface area contributed by atoms with Crippen LogP contribution >= 0.6 is 12.2 Å². The van der Waals surface area contributed by atoms with Crippen LogP contribution in [0.4, 0.5) is 0 Å². The number of piperidine rings is 1. The Morgan fingerprint density at radius 1 is 1.03 bits per heavy atom. The van der Waals surface area contributed by atoms with Gasteiger partial charge in [0.2, 0.25) is 0 Å². The molecule has 0 spiro atoms. The van der Waals surface area contributed by atoms with Crippen LogP contribution in [0.15, 0.2) is 54.9 Å². The van der Waals surface area contributed by atoms with Crippen LogP contribution in [0.2, 0.25) is 0 Å². The second-order valence-corrected chi connectivity index (χ2v) is 8.68. The second-order valence-electron chi connectivity index (χ2n) is 8.32. The van der Waals surface area contributed by atoms with Gasteiger partial charge in [0.1, 0.15) is 0 Å². The Balaban J connectivity index is 1.24. The van der Waals surface area contributed by atoms with Gasteiger partial charge >= 0.3 is 0 Å². The molecular formula is C23H26N6OS. The molecule has 2 aliphatic rings. The van der Waals surface area contributed by atoms with Crippen molar-refractivity contribution < 1.29 is 4.79 Å². The van der Waals surface area contributed by atoms with Gasteiger partial charge in [-0.2, -0.15) is 5.10 Å². The molecular weight excluding hydrogens is 408 g/mol. The number of likely N-dealkylation sites (tertiary alicyclic amines) is 1. The molecule has 1 aliphatic carbocycles. The first kappa shape index (κ1) is 20.1. The molecule has 1 aromatic carbocycles. The van der Waals surface area contributed by atoms with E-state index in [1.165, 1.54) is 0 Å². The van der Waals surface area contributed by atoms with E-state index in [0.29, 0.717) is 18.3 Å². The Bertz CT molecular complexity index is 1100. The Kier molecular flexibility index (Phi) is 5.65. The maximum atomic E-state index is 12.4. The molecule has 31 heavy (non-hydrogen) atoms. The number of benzene rings is 1. The smallest absolute Gasteiger partial charge is 0.251 e. The minimum atomic E-state index is 0.00596. The molecule has 1 aliphatic heterocycles. The van der Waals surface area contributed by atoms with Crippen molar-refractivity contribution in [1.29, 1.82) is 0 Å². The van der Waals surface area contributed by atoms with Gasteiger partial charge < -0.3 is 5.32 Å². The summed E-state index contributed by atoms with van der Waals surface area (Å²) in [6.07, 6.45) is 7.75. The van der Waals surface area contributed by atoms with Gasteiger partial charge in [0.05, 0.1) is 6.67 Å². The van der Waals surface area contributed by atoms with Gasteiger partial charge in [0, 0.05) is 48.7 Å². The monoisotopic (exact) mass is 434 g/mol. The number of carbonyl (C=O) groups excluding carboxylic acids is 1. The van der Waals surface area contributed by atoms with E-state index in [0.717, 1.165) is 54.9 Å². The lowest BCUT2D eigenvalue weighted by molar-refractivity contribution is 0.0896. The van der Waals surface area contributed by atoms with Crippen LogP contribution in [0.5, 0.6) is 0 Å². The van der Waals surface area contributed by atoms with Gasteiger partial charge in [0.25, 0.3) is 5.91 Å². The molecule has 1 saturated carbocycles. The van der Waals surface area contributed by atoms with E-state index in [1.807, 2.05) is 47.1 Å². The molecule has 2 fully saturated rings. The molecule has 8 heteroatoms. The van der Waals surface area contributed by atoms with Crippen molar-refractivity contribution >= 4 is 18.1 Å². The summed E-state index contributed by atoms with van der Waals surface area (Å²) in [4.78, 5) is 18.9. The van der Waals surface area contributed by atoms with Crippen LogP contribution in [-0.4, -0.2) is 49.3 Å². The molecule has 2 aromatic heterocycles. The first-order valence-corrected chi connectivity index (χ1v) is 11.3. The van der Waals surface area contributed by atoms with Gasteiger partial charge in [-0.05, 0) is 62.2 Å². The molecule has 7 nitrogen and oxygen atoms in total. The van der Waals surface area contributed by atoms with E-state index in [2.05, 4.69) is 19.8 Å². The van der Waals surface area contributed by atoms with Gasteiger partial charge in [-0.3, -0.25) is 19.2 Å². The number of aromatic nitrogens is 4. The number of hydrogen-bond acceptors (Lipinski definition) is 5. The van der Waals surface area contributed by atoms with Gasteiger partial charge in [-0.1, -0.05) is 18.2 Å². The summed E-state index contributed by atoms with van der Waals surface area (Å²) in [5, 5.41) is 8.05. The fourth-order valence-electron chi connectivity index (χ4n) is 4.14. The number of amides is 1. The van der Waals surface area contributed by atoms with Crippen LogP contribution in [0.25, 0.3) is 11.4 Å². The lowest BCUT2D eigenvalue weighted by Crippen LogP contribution is -2.45. The van der Waals surface area contributed by atoms with Crippen LogP contribution in [0, 0.1) is 4.77 Å². The van der Waals surface area contributed by atoms with E-state index in [-0.39, 0.29) is 11.9 Å². The summed E-state index contributed by atoms with van der Waals surface area (Å²) in [5.41, 5.74) is 1.76. The van der Waals surface area contributed by atoms with Crippen molar-refractivity contribution in [1.82, 2.24) is 29.5 Å². The predicted molar refractivity (Wildman–Crippen MR) is 121 cm³/mol. The zero-order valence-electron chi connectivity index (χ0n) is 17.4. The SMILES string of the molecule is O=C(NC1CCN(Cn2nc(-c3ccncc3)n(C3CC3)c2=S)CC1)c1ccccc1. The first-order valence-electron chi connectivity index (χ1n) is 10.9. The topological polar surface area (TPSA) is 68.0 Å². The van der Waals surface area contributed by atoms with Crippen molar-refractivity contribution in [3.05, 3.63) is 65.2 Å². The zero-order valence-corrected chi connectivity index (χ0v) is 18.2. The summed E-state index contributed by atoms with van der Waals surface area (Å²) in [6, 6.07) is 14.0. The highest BCUT2D eigenvalue weighted by Crippen LogP contribution is 2.38. The van der Waals surface area contributed by atoms with Crippen molar-refractivity contribution in [2.24, 2.45) is 0 Å². The minimum Gasteiger partial charge on any atom is -0.349 e. The highest BCUT2D eigenvalue weighted by Gasteiger charge is 2.30. The molecule has 0 atom stereocenters. The number of hydrogen-bond donors (Lipinski definition) is 1. The summed E-state index contributed by atoms with van der Waals surface area (Å²) < 4.78 is 4.94. The molecule has 1 saturated heterocycles. The molecule has 3 aromatic rings. The highest BCUT2D eigenvalue weighted by atomic mass is 32.1. The summed E-state index contributed by atoms with van der Waals surface area (Å²) in [6.45, 7) is 2.49. The maximum absolute atomic E-state index is 12.4. The third-order valence-electron chi connectivity index (χ3n) is 6.01. The standard InChI is InChI=1S/C23H26N6OS/c30-22(18-4-2-1-3-5-18)25-19-10-14-27(15-11-19)16-28-23(31)29(20-6-7-20)21(26-28)17-8-12-24-13-9-17/h1-5,8-9,12-13,19-20H,6-7,10-11,14-16H2,(H,25,30). The van der Waals surface area contributed by atoms with Gasteiger partial charge in [0.15, 0.2) is 10.6 Å². The molecule has 3 heterocycles. The summed E-state index contributed by atoms with van der Waals surface area (Å²) >= 11 is 5.80. The summed E-state index contributed by atoms with van der Waals surface area (Å²) in [7, 11) is 0. The predicted octanol–water partition coefficient (Wildman–Crippen LogP) is 3.66. The van der Waals surface area contributed by atoms with E-state index < -0.39 is 0 Å². The molecule has 0 unspecified atom stereocenters. The van der Waals surface area contributed by atoms with Crippen LogP contribution in [-0.2, 0) is 6.67 Å². The molecule has 0 bridgehead atoms. The van der Waals surface area contributed by atoms with Crippen molar-refractivity contribution in [3.8, 4) is 11.4 Å². The van der Waals surface area contributed by atoms with Gasteiger partial charge in [-0.15, -0.1) is 0 Å². The average molecular weight is 435 g/mol.